The second kappa shape index (κ2) is 7.61. The molecule has 0 saturated carbocycles. The van der Waals surface area contributed by atoms with Gasteiger partial charge in [-0.05, 0) is 17.7 Å². The summed E-state index contributed by atoms with van der Waals surface area (Å²) in [5, 5.41) is 0. The molecular formula is C20H18O2. The van der Waals surface area contributed by atoms with Crippen molar-refractivity contribution < 1.29 is 9.47 Å². The molecule has 2 atom stereocenters. The lowest BCUT2D eigenvalue weighted by molar-refractivity contribution is 0.199. The van der Waals surface area contributed by atoms with Crippen molar-refractivity contribution in [3.05, 3.63) is 83.9 Å². The van der Waals surface area contributed by atoms with Gasteiger partial charge in [-0.3, -0.25) is 0 Å². The standard InChI is InChI=1S/C20H18O2/c1-3-9-17(10-4-1)11-7-15-21-16-8-14-19-20(22-19)18-12-5-2-6-13-18/h1-6,8-10,12-14,19-20H,15-16H2/b14-8+/t19-,20-/m1/s1. The van der Waals surface area contributed by atoms with Crippen molar-refractivity contribution in [2.75, 3.05) is 13.2 Å². The summed E-state index contributed by atoms with van der Waals surface area (Å²) in [6, 6.07) is 20.2. The summed E-state index contributed by atoms with van der Waals surface area (Å²) in [7, 11) is 0. The highest BCUT2D eigenvalue weighted by Gasteiger charge is 2.37. The number of rotatable bonds is 5. The lowest BCUT2D eigenvalue weighted by Gasteiger charge is -1.93. The second-order valence-electron chi connectivity index (χ2n) is 5.04. The fourth-order valence-corrected chi connectivity index (χ4v) is 2.21. The van der Waals surface area contributed by atoms with Crippen LogP contribution in [0.2, 0.25) is 0 Å². The Bertz CT molecular complexity index is 665. The van der Waals surface area contributed by atoms with Crippen LogP contribution in [0.25, 0.3) is 0 Å². The van der Waals surface area contributed by atoms with Crippen LogP contribution in [0.5, 0.6) is 0 Å². The highest BCUT2D eigenvalue weighted by Crippen LogP contribution is 2.39. The van der Waals surface area contributed by atoms with Gasteiger partial charge in [0.25, 0.3) is 0 Å². The monoisotopic (exact) mass is 290 g/mol. The summed E-state index contributed by atoms with van der Waals surface area (Å²) < 4.78 is 11.1. The number of epoxide rings is 1. The quantitative estimate of drug-likeness (QED) is 0.362. The molecule has 0 aromatic heterocycles. The summed E-state index contributed by atoms with van der Waals surface area (Å²) in [6.07, 6.45) is 4.44. The van der Waals surface area contributed by atoms with E-state index in [9.17, 15) is 0 Å². The molecule has 1 aliphatic rings. The zero-order valence-electron chi connectivity index (χ0n) is 12.3. The molecule has 1 fully saturated rings. The van der Waals surface area contributed by atoms with Gasteiger partial charge in [-0.15, -0.1) is 0 Å². The molecule has 1 heterocycles. The molecule has 1 aliphatic heterocycles. The van der Waals surface area contributed by atoms with Gasteiger partial charge in [-0.25, -0.2) is 0 Å². The van der Waals surface area contributed by atoms with E-state index < -0.39 is 0 Å². The van der Waals surface area contributed by atoms with Crippen LogP contribution in [0.1, 0.15) is 17.2 Å². The first-order chi connectivity index (χ1) is 10.9. The first-order valence-corrected chi connectivity index (χ1v) is 7.42. The molecular weight excluding hydrogens is 272 g/mol. The lowest BCUT2D eigenvalue weighted by Crippen LogP contribution is -1.92. The Kier molecular flexibility index (Phi) is 5.04. The number of ether oxygens (including phenoxy) is 2. The second-order valence-corrected chi connectivity index (χ2v) is 5.04. The van der Waals surface area contributed by atoms with E-state index in [0.717, 1.165) is 5.56 Å². The minimum Gasteiger partial charge on any atom is -0.365 e. The van der Waals surface area contributed by atoms with Gasteiger partial charge in [0.1, 0.15) is 18.8 Å². The highest BCUT2D eigenvalue weighted by molar-refractivity contribution is 5.33. The lowest BCUT2D eigenvalue weighted by atomic mass is 10.1. The van der Waals surface area contributed by atoms with Crippen LogP contribution >= 0.6 is 0 Å². The smallest absolute Gasteiger partial charge is 0.113 e. The molecule has 2 heteroatoms. The van der Waals surface area contributed by atoms with Gasteiger partial charge < -0.3 is 9.47 Å². The average molecular weight is 290 g/mol. The van der Waals surface area contributed by atoms with Crippen molar-refractivity contribution in [2.24, 2.45) is 0 Å². The molecule has 2 aromatic rings. The Labute approximate surface area is 131 Å². The van der Waals surface area contributed by atoms with Gasteiger partial charge in [-0.1, -0.05) is 72.5 Å². The van der Waals surface area contributed by atoms with Crippen molar-refractivity contribution in [3.8, 4) is 11.8 Å². The summed E-state index contributed by atoms with van der Waals surface area (Å²) in [5.74, 6) is 6.06. The SMILES string of the molecule is C(#Cc1ccccc1)COC/C=C/[C@H]1O[C@@H]1c1ccccc1. The van der Waals surface area contributed by atoms with Gasteiger partial charge >= 0.3 is 0 Å². The van der Waals surface area contributed by atoms with Crippen molar-refractivity contribution in [3.63, 3.8) is 0 Å². The number of hydrogen-bond acceptors (Lipinski definition) is 2. The van der Waals surface area contributed by atoms with Crippen molar-refractivity contribution in [2.45, 2.75) is 12.2 Å². The van der Waals surface area contributed by atoms with Crippen molar-refractivity contribution in [1.82, 2.24) is 0 Å². The highest BCUT2D eigenvalue weighted by atomic mass is 16.6. The molecule has 2 aromatic carbocycles. The van der Waals surface area contributed by atoms with E-state index in [1.807, 2.05) is 54.6 Å². The number of benzene rings is 2. The fraction of sp³-hybridized carbons (Fsp3) is 0.200. The van der Waals surface area contributed by atoms with Gasteiger partial charge in [0.05, 0.1) is 6.61 Å². The summed E-state index contributed by atoms with van der Waals surface area (Å²) in [5.41, 5.74) is 2.24. The van der Waals surface area contributed by atoms with E-state index in [0.29, 0.717) is 13.2 Å². The zero-order valence-corrected chi connectivity index (χ0v) is 12.3. The molecule has 0 amide bonds. The van der Waals surface area contributed by atoms with E-state index in [-0.39, 0.29) is 12.2 Å². The van der Waals surface area contributed by atoms with E-state index >= 15 is 0 Å². The third-order valence-corrected chi connectivity index (χ3v) is 3.37. The van der Waals surface area contributed by atoms with Crippen molar-refractivity contribution in [1.29, 1.82) is 0 Å². The molecule has 110 valence electrons. The van der Waals surface area contributed by atoms with Crippen LogP contribution in [-0.2, 0) is 9.47 Å². The van der Waals surface area contributed by atoms with Crippen LogP contribution in [0.4, 0.5) is 0 Å². The Hall–Kier alpha value is -2.34. The molecule has 0 bridgehead atoms. The Morgan fingerprint density at radius 1 is 1.00 bits per heavy atom. The van der Waals surface area contributed by atoms with Crippen LogP contribution in [0, 0.1) is 11.8 Å². The predicted molar refractivity (Wildman–Crippen MR) is 87.3 cm³/mol. The molecule has 3 rings (SSSR count). The molecule has 0 N–H and O–H groups in total. The molecule has 0 aliphatic carbocycles. The van der Waals surface area contributed by atoms with E-state index in [1.54, 1.807) is 0 Å². The maximum Gasteiger partial charge on any atom is 0.113 e. The summed E-state index contributed by atoms with van der Waals surface area (Å²) in [6.45, 7) is 0.998. The minimum absolute atomic E-state index is 0.182. The van der Waals surface area contributed by atoms with Crippen LogP contribution in [0.15, 0.2) is 72.8 Å². The molecule has 22 heavy (non-hydrogen) atoms. The van der Waals surface area contributed by atoms with E-state index in [1.165, 1.54) is 5.56 Å². The van der Waals surface area contributed by atoms with Crippen LogP contribution < -0.4 is 0 Å². The Balaban J connectivity index is 1.34. The van der Waals surface area contributed by atoms with Crippen molar-refractivity contribution >= 4 is 0 Å². The molecule has 2 nitrogen and oxygen atoms in total. The van der Waals surface area contributed by atoms with E-state index in [4.69, 9.17) is 9.47 Å². The first kappa shape index (κ1) is 14.6. The average Bonchev–Trinajstić information content (AvgIpc) is 3.35. The molecule has 0 unspecified atom stereocenters. The zero-order chi connectivity index (χ0) is 15.0. The molecule has 0 spiro atoms. The largest absolute Gasteiger partial charge is 0.365 e. The first-order valence-electron chi connectivity index (χ1n) is 7.42. The Morgan fingerprint density at radius 3 is 2.50 bits per heavy atom. The number of hydrogen-bond donors (Lipinski definition) is 0. The van der Waals surface area contributed by atoms with Crippen LogP contribution in [-0.4, -0.2) is 19.3 Å². The Morgan fingerprint density at radius 2 is 1.73 bits per heavy atom. The third-order valence-electron chi connectivity index (χ3n) is 3.37. The summed E-state index contributed by atoms with van der Waals surface area (Å²) >= 11 is 0. The van der Waals surface area contributed by atoms with Gasteiger partial charge in [-0.2, -0.15) is 0 Å². The van der Waals surface area contributed by atoms with Crippen LogP contribution in [0.3, 0.4) is 0 Å². The predicted octanol–water partition coefficient (Wildman–Crippen LogP) is 3.75. The molecule has 1 saturated heterocycles. The maximum absolute atomic E-state index is 5.62. The normalized spacial score (nSPS) is 19.6. The van der Waals surface area contributed by atoms with Gasteiger partial charge in [0.15, 0.2) is 0 Å². The molecule has 0 radical (unpaired) electrons. The minimum atomic E-state index is 0.182. The van der Waals surface area contributed by atoms with E-state index in [2.05, 4.69) is 30.0 Å². The fourth-order valence-electron chi connectivity index (χ4n) is 2.21. The topological polar surface area (TPSA) is 21.8 Å². The summed E-state index contributed by atoms with van der Waals surface area (Å²) in [4.78, 5) is 0. The van der Waals surface area contributed by atoms with Gasteiger partial charge in [0, 0.05) is 5.56 Å². The maximum atomic E-state index is 5.62. The van der Waals surface area contributed by atoms with Gasteiger partial charge in [0.2, 0.25) is 0 Å². The third kappa shape index (κ3) is 4.33.